The third kappa shape index (κ3) is 0.878. The van der Waals surface area contributed by atoms with Gasteiger partial charge in [0.25, 0.3) is 0 Å². The van der Waals surface area contributed by atoms with E-state index >= 15 is 0 Å². The van der Waals surface area contributed by atoms with Gasteiger partial charge in [0.2, 0.25) is 0 Å². The Labute approximate surface area is 65.0 Å². The minimum absolute atomic E-state index is 0.00405. The number of nitrogens with zero attached hydrogens (tertiary/aromatic N) is 1. The predicted molar refractivity (Wildman–Crippen MR) is 39.2 cm³/mol. The van der Waals surface area contributed by atoms with Crippen LogP contribution in [-0.4, -0.2) is 16.9 Å². The molecule has 0 aromatic carbocycles. The van der Waals surface area contributed by atoms with Crippen LogP contribution in [0.15, 0.2) is 10.7 Å². The lowest BCUT2D eigenvalue weighted by Crippen LogP contribution is -2.11. The molecule has 0 atom stereocenters. The number of rotatable bonds is 2. The van der Waals surface area contributed by atoms with Crippen molar-refractivity contribution < 1.29 is 9.63 Å². The third-order valence-corrected chi connectivity index (χ3v) is 2.48. The maximum absolute atomic E-state index is 9.08. The summed E-state index contributed by atoms with van der Waals surface area (Å²) in [4.78, 5) is 0. The topological polar surface area (TPSA) is 46.3 Å². The summed E-state index contributed by atoms with van der Waals surface area (Å²) in [5.74, 6) is 0.844. The minimum atomic E-state index is 0.00405. The van der Waals surface area contributed by atoms with Crippen LogP contribution in [0.25, 0.3) is 0 Å². The van der Waals surface area contributed by atoms with Gasteiger partial charge in [0.1, 0.15) is 5.76 Å². The summed E-state index contributed by atoms with van der Waals surface area (Å²) in [7, 11) is 0. The molecule has 0 unspecified atom stereocenters. The van der Waals surface area contributed by atoms with E-state index in [-0.39, 0.29) is 12.0 Å². The van der Waals surface area contributed by atoms with E-state index in [9.17, 15) is 0 Å². The van der Waals surface area contributed by atoms with E-state index in [2.05, 4.69) is 5.16 Å². The summed E-state index contributed by atoms with van der Waals surface area (Å²) < 4.78 is 4.93. The molecule has 1 aromatic rings. The SMILES string of the molecule is Cc1oncc1C1(CO)CC1. The summed E-state index contributed by atoms with van der Waals surface area (Å²) in [5, 5.41) is 12.8. The molecule has 1 fully saturated rings. The summed E-state index contributed by atoms with van der Waals surface area (Å²) in [6.45, 7) is 2.10. The molecule has 2 rings (SSSR count). The lowest BCUT2D eigenvalue weighted by Gasteiger charge is -2.07. The molecule has 0 spiro atoms. The van der Waals surface area contributed by atoms with Crippen LogP contribution in [0, 0.1) is 6.92 Å². The second-order valence-electron chi connectivity index (χ2n) is 3.23. The van der Waals surface area contributed by atoms with Gasteiger partial charge in [-0.3, -0.25) is 0 Å². The van der Waals surface area contributed by atoms with Crippen molar-refractivity contribution in [2.75, 3.05) is 6.61 Å². The van der Waals surface area contributed by atoms with Crippen LogP contribution >= 0.6 is 0 Å². The van der Waals surface area contributed by atoms with Gasteiger partial charge < -0.3 is 9.63 Å². The highest BCUT2D eigenvalue weighted by atomic mass is 16.5. The number of aliphatic hydroxyl groups is 1. The van der Waals surface area contributed by atoms with Gasteiger partial charge in [-0.2, -0.15) is 0 Å². The van der Waals surface area contributed by atoms with Crippen LogP contribution in [0.2, 0.25) is 0 Å². The van der Waals surface area contributed by atoms with Crippen molar-refractivity contribution in [1.29, 1.82) is 0 Å². The van der Waals surface area contributed by atoms with Crippen LogP contribution in [0.3, 0.4) is 0 Å². The monoisotopic (exact) mass is 153 g/mol. The van der Waals surface area contributed by atoms with Crippen molar-refractivity contribution in [3.05, 3.63) is 17.5 Å². The van der Waals surface area contributed by atoms with Crippen molar-refractivity contribution >= 4 is 0 Å². The van der Waals surface area contributed by atoms with Crippen LogP contribution in [0.5, 0.6) is 0 Å². The highest BCUT2D eigenvalue weighted by Gasteiger charge is 2.46. The van der Waals surface area contributed by atoms with Gasteiger partial charge in [0, 0.05) is 11.0 Å². The molecule has 1 saturated carbocycles. The zero-order valence-electron chi connectivity index (χ0n) is 6.50. The van der Waals surface area contributed by atoms with E-state index in [4.69, 9.17) is 9.63 Å². The van der Waals surface area contributed by atoms with E-state index in [0.29, 0.717) is 0 Å². The van der Waals surface area contributed by atoms with Gasteiger partial charge in [-0.15, -0.1) is 0 Å². The first kappa shape index (κ1) is 6.85. The number of hydrogen-bond donors (Lipinski definition) is 1. The normalized spacial score (nSPS) is 20.2. The standard InChI is InChI=1S/C8H11NO2/c1-6-7(4-9-11-6)8(5-10)2-3-8/h4,10H,2-3,5H2,1H3. The molecule has 60 valence electrons. The molecule has 3 heteroatoms. The van der Waals surface area contributed by atoms with Gasteiger partial charge in [-0.05, 0) is 19.8 Å². The summed E-state index contributed by atoms with van der Waals surface area (Å²) in [6, 6.07) is 0. The van der Waals surface area contributed by atoms with E-state index < -0.39 is 0 Å². The maximum atomic E-state index is 9.08. The van der Waals surface area contributed by atoms with Crippen molar-refractivity contribution in [3.8, 4) is 0 Å². The number of hydrogen-bond acceptors (Lipinski definition) is 3. The van der Waals surface area contributed by atoms with Crippen LogP contribution in [-0.2, 0) is 5.41 Å². The smallest absolute Gasteiger partial charge is 0.137 e. The average Bonchev–Trinajstić information content (AvgIpc) is 2.70. The summed E-state index contributed by atoms with van der Waals surface area (Å²) >= 11 is 0. The molecule has 0 radical (unpaired) electrons. The maximum Gasteiger partial charge on any atom is 0.137 e. The van der Waals surface area contributed by atoms with E-state index in [1.807, 2.05) is 6.92 Å². The van der Waals surface area contributed by atoms with Crippen molar-refractivity contribution in [1.82, 2.24) is 5.16 Å². The Hall–Kier alpha value is -0.830. The lowest BCUT2D eigenvalue weighted by molar-refractivity contribution is 0.253. The molecular formula is C8H11NO2. The molecule has 1 aliphatic rings. The van der Waals surface area contributed by atoms with Crippen molar-refractivity contribution in [2.45, 2.75) is 25.2 Å². The van der Waals surface area contributed by atoms with Crippen LogP contribution in [0.1, 0.15) is 24.2 Å². The fourth-order valence-corrected chi connectivity index (χ4v) is 1.47. The predicted octanol–water partition coefficient (Wildman–Crippen LogP) is 1.01. The first-order chi connectivity index (χ1) is 5.28. The molecule has 1 aliphatic carbocycles. The average molecular weight is 153 g/mol. The van der Waals surface area contributed by atoms with E-state index in [1.54, 1.807) is 6.20 Å². The van der Waals surface area contributed by atoms with Gasteiger partial charge in [0.05, 0.1) is 12.8 Å². The first-order valence-corrected chi connectivity index (χ1v) is 3.81. The zero-order chi connectivity index (χ0) is 7.90. The molecule has 3 nitrogen and oxygen atoms in total. The zero-order valence-corrected chi connectivity index (χ0v) is 6.50. The van der Waals surface area contributed by atoms with Crippen LogP contribution < -0.4 is 0 Å². The van der Waals surface area contributed by atoms with E-state index in [0.717, 1.165) is 24.2 Å². The Morgan fingerprint density at radius 1 is 1.73 bits per heavy atom. The molecule has 1 aromatic heterocycles. The molecule has 0 bridgehead atoms. The Balaban J connectivity index is 2.35. The van der Waals surface area contributed by atoms with Crippen molar-refractivity contribution in [2.24, 2.45) is 0 Å². The van der Waals surface area contributed by atoms with Crippen molar-refractivity contribution in [3.63, 3.8) is 0 Å². The van der Waals surface area contributed by atoms with Gasteiger partial charge in [0.15, 0.2) is 0 Å². The Bertz CT molecular complexity index is 263. The molecular weight excluding hydrogens is 142 g/mol. The Morgan fingerprint density at radius 3 is 2.82 bits per heavy atom. The summed E-state index contributed by atoms with van der Waals surface area (Å²) in [5.41, 5.74) is 1.09. The molecule has 11 heavy (non-hydrogen) atoms. The third-order valence-electron chi connectivity index (χ3n) is 2.48. The Kier molecular flexibility index (Phi) is 1.29. The largest absolute Gasteiger partial charge is 0.395 e. The molecule has 1 heterocycles. The number of aliphatic hydroxyl groups excluding tert-OH is 1. The fraction of sp³-hybridized carbons (Fsp3) is 0.625. The Morgan fingerprint density at radius 2 is 2.45 bits per heavy atom. The first-order valence-electron chi connectivity index (χ1n) is 3.81. The summed E-state index contributed by atoms with van der Waals surface area (Å²) in [6.07, 6.45) is 3.84. The van der Waals surface area contributed by atoms with Gasteiger partial charge >= 0.3 is 0 Å². The molecule has 0 aliphatic heterocycles. The second kappa shape index (κ2) is 2.08. The highest BCUT2D eigenvalue weighted by molar-refractivity contribution is 5.30. The molecule has 0 saturated heterocycles. The number of aromatic nitrogens is 1. The van der Waals surface area contributed by atoms with Gasteiger partial charge in [-0.1, -0.05) is 5.16 Å². The van der Waals surface area contributed by atoms with Gasteiger partial charge in [-0.25, -0.2) is 0 Å². The van der Waals surface area contributed by atoms with Crippen LogP contribution in [0.4, 0.5) is 0 Å². The second-order valence-corrected chi connectivity index (χ2v) is 3.23. The number of aryl methyl sites for hydroxylation is 1. The van der Waals surface area contributed by atoms with E-state index in [1.165, 1.54) is 0 Å². The minimum Gasteiger partial charge on any atom is -0.395 e. The molecule has 0 amide bonds. The highest BCUT2D eigenvalue weighted by Crippen LogP contribution is 2.48. The quantitative estimate of drug-likeness (QED) is 0.689. The lowest BCUT2D eigenvalue weighted by atomic mass is 9.99. The fourth-order valence-electron chi connectivity index (χ4n) is 1.47. The molecule has 1 N–H and O–H groups in total.